The number of thioether (sulfide) groups is 1. The summed E-state index contributed by atoms with van der Waals surface area (Å²) in [7, 11) is 0. The quantitative estimate of drug-likeness (QED) is 0.353. The molecule has 5 nitrogen and oxygen atoms in total. The third-order valence-corrected chi connectivity index (χ3v) is 5.58. The SMILES string of the molecule is CCn1c(C)c(/C=N\n2c(Cc3ccccc3)nnc2SC)c2ccccc21. The van der Waals surface area contributed by atoms with Crippen molar-refractivity contribution in [2.75, 3.05) is 6.26 Å². The van der Waals surface area contributed by atoms with Crippen molar-refractivity contribution in [1.82, 2.24) is 19.4 Å². The summed E-state index contributed by atoms with van der Waals surface area (Å²) in [6.45, 7) is 5.25. The average Bonchev–Trinajstić information content (AvgIpc) is 3.24. The van der Waals surface area contributed by atoms with Crippen molar-refractivity contribution in [1.29, 1.82) is 0 Å². The molecule has 0 saturated heterocycles. The van der Waals surface area contributed by atoms with Gasteiger partial charge in [-0.05, 0) is 31.7 Å². The number of aromatic nitrogens is 4. The molecule has 28 heavy (non-hydrogen) atoms. The van der Waals surface area contributed by atoms with Gasteiger partial charge >= 0.3 is 0 Å². The molecule has 0 unspecified atom stereocenters. The van der Waals surface area contributed by atoms with Gasteiger partial charge in [-0.2, -0.15) is 9.78 Å². The lowest BCUT2D eigenvalue weighted by Gasteiger charge is -2.04. The third kappa shape index (κ3) is 3.36. The summed E-state index contributed by atoms with van der Waals surface area (Å²) in [5.41, 5.74) is 4.79. The summed E-state index contributed by atoms with van der Waals surface area (Å²) < 4.78 is 4.18. The summed E-state index contributed by atoms with van der Waals surface area (Å²) in [6.07, 6.45) is 4.64. The molecular formula is C22H23N5S. The largest absolute Gasteiger partial charge is 0.344 e. The van der Waals surface area contributed by atoms with E-state index in [9.17, 15) is 0 Å². The Balaban J connectivity index is 1.76. The van der Waals surface area contributed by atoms with Gasteiger partial charge in [-0.15, -0.1) is 10.2 Å². The number of rotatable bonds is 6. The van der Waals surface area contributed by atoms with Gasteiger partial charge < -0.3 is 4.57 Å². The van der Waals surface area contributed by atoms with Crippen LogP contribution in [0.15, 0.2) is 64.9 Å². The number of para-hydroxylation sites is 1. The molecule has 6 heteroatoms. The monoisotopic (exact) mass is 389 g/mol. The van der Waals surface area contributed by atoms with E-state index in [1.807, 2.05) is 35.3 Å². The van der Waals surface area contributed by atoms with E-state index in [1.54, 1.807) is 11.8 Å². The summed E-state index contributed by atoms with van der Waals surface area (Å²) in [5.74, 6) is 0.837. The number of fused-ring (bicyclic) bond motifs is 1. The second-order valence-corrected chi connectivity index (χ2v) is 7.36. The van der Waals surface area contributed by atoms with Gasteiger partial charge in [0.05, 0.1) is 6.21 Å². The molecule has 0 atom stereocenters. The van der Waals surface area contributed by atoms with Crippen molar-refractivity contribution < 1.29 is 0 Å². The topological polar surface area (TPSA) is 48.0 Å². The predicted octanol–water partition coefficient (Wildman–Crippen LogP) is 4.76. The van der Waals surface area contributed by atoms with Crippen LogP contribution in [0.3, 0.4) is 0 Å². The Morgan fingerprint density at radius 3 is 2.54 bits per heavy atom. The van der Waals surface area contributed by atoms with Crippen LogP contribution in [0, 0.1) is 6.92 Å². The smallest absolute Gasteiger partial charge is 0.211 e. The fourth-order valence-electron chi connectivity index (χ4n) is 3.57. The molecule has 0 amide bonds. The molecule has 4 rings (SSSR count). The summed E-state index contributed by atoms with van der Waals surface area (Å²) in [4.78, 5) is 0. The van der Waals surface area contributed by atoms with Crippen LogP contribution in [0.25, 0.3) is 10.9 Å². The van der Waals surface area contributed by atoms with E-state index in [1.165, 1.54) is 22.2 Å². The Hall–Kier alpha value is -2.86. The average molecular weight is 390 g/mol. The standard InChI is InChI=1S/C22H23N5S/c1-4-26-16(2)19(18-12-8-9-13-20(18)26)15-23-27-21(24-25-22(27)28-3)14-17-10-6-5-7-11-17/h5-13,15H,4,14H2,1-3H3/b23-15-. The van der Waals surface area contributed by atoms with Gasteiger partial charge in [0, 0.05) is 35.1 Å². The first kappa shape index (κ1) is 18.5. The molecule has 0 saturated carbocycles. The molecular weight excluding hydrogens is 366 g/mol. The number of benzene rings is 2. The minimum atomic E-state index is 0.696. The van der Waals surface area contributed by atoms with Gasteiger partial charge in [0.1, 0.15) is 0 Å². The van der Waals surface area contributed by atoms with Crippen molar-refractivity contribution in [2.24, 2.45) is 5.10 Å². The molecule has 142 valence electrons. The maximum absolute atomic E-state index is 4.79. The molecule has 2 aromatic heterocycles. The van der Waals surface area contributed by atoms with E-state index in [-0.39, 0.29) is 0 Å². The molecule has 2 heterocycles. The highest BCUT2D eigenvalue weighted by molar-refractivity contribution is 7.98. The molecule has 0 fully saturated rings. The molecule has 0 N–H and O–H groups in total. The van der Waals surface area contributed by atoms with Gasteiger partial charge in [-0.25, -0.2) is 0 Å². The zero-order chi connectivity index (χ0) is 19.5. The minimum absolute atomic E-state index is 0.696. The normalized spacial score (nSPS) is 11.7. The van der Waals surface area contributed by atoms with Crippen LogP contribution in [0.1, 0.15) is 29.6 Å². The number of nitrogens with zero attached hydrogens (tertiary/aromatic N) is 5. The molecule has 0 bridgehead atoms. The third-order valence-electron chi connectivity index (χ3n) is 4.96. The Kier molecular flexibility index (Phi) is 5.30. The Morgan fingerprint density at radius 2 is 1.79 bits per heavy atom. The lowest BCUT2D eigenvalue weighted by Crippen LogP contribution is -2.02. The van der Waals surface area contributed by atoms with Crippen molar-refractivity contribution in [3.05, 3.63) is 77.2 Å². The van der Waals surface area contributed by atoms with E-state index in [4.69, 9.17) is 5.10 Å². The Bertz CT molecular complexity index is 1120. The van der Waals surface area contributed by atoms with E-state index in [2.05, 4.69) is 65.0 Å². The van der Waals surface area contributed by atoms with Crippen molar-refractivity contribution in [3.63, 3.8) is 0 Å². The van der Waals surface area contributed by atoms with Crippen molar-refractivity contribution >= 4 is 28.9 Å². The second kappa shape index (κ2) is 8.02. The molecule has 0 radical (unpaired) electrons. The maximum atomic E-state index is 4.79. The van der Waals surface area contributed by atoms with E-state index in [0.717, 1.165) is 23.1 Å². The summed E-state index contributed by atoms with van der Waals surface area (Å²) in [6, 6.07) is 18.8. The lowest BCUT2D eigenvalue weighted by molar-refractivity contribution is 0.729. The summed E-state index contributed by atoms with van der Waals surface area (Å²) >= 11 is 1.55. The second-order valence-electron chi connectivity index (χ2n) is 6.58. The molecule has 0 spiro atoms. The molecule has 4 aromatic rings. The molecule has 0 aliphatic carbocycles. The zero-order valence-electron chi connectivity index (χ0n) is 16.3. The fraction of sp³-hybridized carbons (Fsp3) is 0.227. The van der Waals surface area contributed by atoms with E-state index in [0.29, 0.717) is 6.42 Å². The summed E-state index contributed by atoms with van der Waals surface area (Å²) in [5, 5.41) is 15.5. The molecule has 2 aromatic carbocycles. The van der Waals surface area contributed by atoms with Gasteiger partial charge in [-0.3, -0.25) is 0 Å². The van der Waals surface area contributed by atoms with E-state index < -0.39 is 0 Å². The van der Waals surface area contributed by atoms with Gasteiger partial charge in [0.15, 0.2) is 5.82 Å². The van der Waals surface area contributed by atoms with Gasteiger partial charge in [0.25, 0.3) is 0 Å². The van der Waals surface area contributed by atoms with Gasteiger partial charge in [-0.1, -0.05) is 60.3 Å². The Morgan fingerprint density at radius 1 is 1.04 bits per heavy atom. The van der Waals surface area contributed by atoms with Crippen LogP contribution >= 0.6 is 11.8 Å². The van der Waals surface area contributed by atoms with Crippen LogP contribution in [0.5, 0.6) is 0 Å². The maximum Gasteiger partial charge on any atom is 0.211 e. The van der Waals surface area contributed by atoms with Crippen LogP contribution < -0.4 is 0 Å². The highest BCUT2D eigenvalue weighted by atomic mass is 32.2. The fourth-order valence-corrected chi connectivity index (χ4v) is 4.02. The first-order valence-corrected chi connectivity index (χ1v) is 10.6. The van der Waals surface area contributed by atoms with E-state index >= 15 is 0 Å². The highest BCUT2D eigenvalue weighted by Crippen LogP contribution is 2.25. The van der Waals surface area contributed by atoms with Crippen molar-refractivity contribution in [2.45, 2.75) is 32.0 Å². The van der Waals surface area contributed by atoms with Crippen LogP contribution in [-0.4, -0.2) is 31.9 Å². The Labute approximate surface area is 169 Å². The predicted molar refractivity (Wildman–Crippen MR) is 116 cm³/mol. The highest BCUT2D eigenvalue weighted by Gasteiger charge is 2.14. The first-order valence-electron chi connectivity index (χ1n) is 9.37. The van der Waals surface area contributed by atoms with Crippen LogP contribution in [0.4, 0.5) is 0 Å². The number of aryl methyl sites for hydroxylation is 1. The first-order chi connectivity index (χ1) is 13.7. The van der Waals surface area contributed by atoms with Crippen LogP contribution in [-0.2, 0) is 13.0 Å². The number of hydrogen-bond donors (Lipinski definition) is 0. The lowest BCUT2D eigenvalue weighted by atomic mass is 10.1. The number of hydrogen-bond acceptors (Lipinski definition) is 4. The molecule has 0 aliphatic rings. The minimum Gasteiger partial charge on any atom is -0.344 e. The van der Waals surface area contributed by atoms with Crippen molar-refractivity contribution in [3.8, 4) is 0 Å². The van der Waals surface area contributed by atoms with Gasteiger partial charge in [0.2, 0.25) is 5.16 Å². The van der Waals surface area contributed by atoms with Crippen LogP contribution in [0.2, 0.25) is 0 Å². The molecule has 0 aliphatic heterocycles. The zero-order valence-corrected chi connectivity index (χ0v) is 17.1.